The fourth-order valence-corrected chi connectivity index (χ4v) is 1.17. The maximum atomic E-state index is 12.0. The van der Waals surface area contributed by atoms with Gasteiger partial charge in [0.25, 0.3) is 0 Å². The molecular weight excluding hydrogens is 308 g/mol. The molecule has 0 aliphatic heterocycles. The molecule has 0 aliphatic carbocycles. The Morgan fingerprint density at radius 2 is 1.57 bits per heavy atom. The van der Waals surface area contributed by atoms with Gasteiger partial charge in [0.2, 0.25) is 6.08 Å². The number of ether oxygens (including phenoxy) is 2. The summed E-state index contributed by atoms with van der Waals surface area (Å²) in [5.41, 5.74) is -0.422. The first kappa shape index (κ1) is 16.8. The van der Waals surface area contributed by atoms with Gasteiger partial charge in [-0.15, -0.1) is 0 Å². The first-order chi connectivity index (χ1) is 9.61. The first-order valence-electron chi connectivity index (χ1n) is 5.22. The van der Waals surface area contributed by atoms with E-state index in [1.165, 1.54) is 0 Å². The van der Waals surface area contributed by atoms with Gasteiger partial charge in [0.15, 0.2) is 13.2 Å². The zero-order valence-corrected chi connectivity index (χ0v) is 10.1. The maximum Gasteiger partial charge on any atom is 0.422 e. The van der Waals surface area contributed by atoms with E-state index in [-0.39, 0.29) is 5.75 Å². The summed E-state index contributed by atoms with van der Waals surface area (Å²) in [6.07, 6.45) is -8.14. The second-order valence-corrected chi connectivity index (χ2v) is 3.64. The van der Waals surface area contributed by atoms with Crippen molar-refractivity contribution in [2.75, 3.05) is 13.2 Å². The van der Waals surface area contributed by atoms with Crippen LogP contribution < -0.4 is 9.47 Å². The number of benzene rings is 1. The minimum Gasteiger partial charge on any atom is -0.484 e. The van der Waals surface area contributed by atoms with Crippen LogP contribution in [-0.4, -0.2) is 31.6 Å². The van der Waals surface area contributed by atoms with Gasteiger partial charge in [-0.2, -0.15) is 31.3 Å². The highest BCUT2D eigenvalue weighted by Crippen LogP contribution is 2.33. The van der Waals surface area contributed by atoms with Crippen LogP contribution in [0.15, 0.2) is 23.2 Å². The van der Waals surface area contributed by atoms with Gasteiger partial charge in [0, 0.05) is 6.07 Å². The zero-order chi connectivity index (χ0) is 16.1. The summed E-state index contributed by atoms with van der Waals surface area (Å²) in [5.74, 6) is -0.768. The van der Waals surface area contributed by atoms with Crippen molar-refractivity contribution in [3.63, 3.8) is 0 Å². The van der Waals surface area contributed by atoms with Crippen LogP contribution in [0.4, 0.5) is 32.0 Å². The van der Waals surface area contributed by atoms with Crippen LogP contribution in [0.3, 0.4) is 0 Å². The van der Waals surface area contributed by atoms with Crippen molar-refractivity contribution in [1.29, 1.82) is 0 Å². The predicted molar refractivity (Wildman–Crippen MR) is 57.3 cm³/mol. The zero-order valence-electron chi connectivity index (χ0n) is 10.1. The lowest BCUT2D eigenvalue weighted by Crippen LogP contribution is -2.20. The minimum atomic E-state index is -4.62. The van der Waals surface area contributed by atoms with Crippen LogP contribution in [0.2, 0.25) is 0 Å². The van der Waals surface area contributed by atoms with Gasteiger partial charge in [0.1, 0.15) is 17.2 Å². The van der Waals surface area contributed by atoms with Crippen molar-refractivity contribution in [2.45, 2.75) is 12.4 Å². The van der Waals surface area contributed by atoms with Crippen molar-refractivity contribution in [1.82, 2.24) is 0 Å². The molecule has 0 atom stereocenters. The summed E-state index contributed by atoms with van der Waals surface area (Å²) in [4.78, 5) is 13.2. The Balaban J connectivity index is 2.89. The SMILES string of the molecule is O=C=Nc1cc(OCC(F)(F)F)ccc1OCC(F)(F)F. The highest BCUT2D eigenvalue weighted by Gasteiger charge is 2.30. The monoisotopic (exact) mass is 315 g/mol. The molecule has 21 heavy (non-hydrogen) atoms. The lowest BCUT2D eigenvalue weighted by Gasteiger charge is -2.13. The number of aliphatic imine (C=N–C) groups is 1. The van der Waals surface area contributed by atoms with Crippen LogP contribution in [0.1, 0.15) is 0 Å². The molecule has 116 valence electrons. The molecule has 4 nitrogen and oxygen atoms in total. The molecule has 1 aromatic rings. The van der Waals surface area contributed by atoms with Crippen molar-refractivity contribution in [3.8, 4) is 11.5 Å². The number of alkyl halides is 6. The molecule has 1 rings (SSSR count). The maximum absolute atomic E-state index is 12.0. The summed E-state index contributed by atoms with van der Waals surface area (Å²) in [6.45, 7) is -3.24. The smallest absolute Gasteiger partial charge is 0.422 e. The second-order valence-electron chi connectivity index (χ2n) is 3.64. The van der Waals surface area contributed by atoms with E-state index in [2.05, 4.69) is 14.5 Å². The highest BCUT2D eigenvalue weighted by atomic mass is 19.4. The van der Waals surface area contributed by atoms with Crippen LogP contribution in [0.5, 0.6) is 11.5 Å². The van der Waals surface area contributed by atoms with E-state index < -0.39 is 37.0 Å². The average molecular weight is 315 g/mol. The third-order valence-electron chi connectivity index (χ3n) is 1.89. The Morgan fingerprint density at radius 1 is 1.00 bits per heavy atom. The Kier molecular flexibility index (Phi) is 5.20. The molecule has 0 N–H and O–H groups in total. The van der Waals surface area contributed by atoms with Crippen molar-refractivity contribution < 1.29 is 40.6 Å². The predicted octanol–water partition coefficient (Wildman–Crippen LogP) is 3.54. The first-order valence-corrected chi connectivity index (χ1v) is 5.22. The topological polar surface area (TPSA) is 47.9 Å². The third kappa shape index (κ3) is 6.66. The molecule has 0 spiro atoms. The van der Waals surface area contributed by atoms with Crippen LogP contribution >= 0.6 is 0 Å². The molecule has 0 bridgehead atoms. The van der Waals surface area contributed by atoms with E-state index in [0.717, 1.165) is 24.3 Å². The molecule has 0 heterocycles. The van der Waals surface area contributed by atoms with E-state index in [0.29, 0.717) is 0 Å². The van der Waals surface area contributed by atoms with Gasteiger partial charge in [-0.05, 0) is 12.1 Å². The summed E-state index contributed by atoms with van der Waals surface area (Å²) in [5, 5.41) is 0. The van der Waals surface area contributed by atoms with Gasteiger partial charge in [0.05, 0.1) is 0 Å². The number of isocyanates is 1. The fraction of sp³-hybridized carbons (Fsp3) is 0.364. The molecule has 0 saturated heterocycles. The molecule has 0 aromatic heterocycles. The number of halogens is 6. The molecule has 0 fully saturated rings. The number of rotatable bonds is 5. The molecule has 0 amide bonds. The van der Waals surface area contributed by atoms with Gasteiger partial charge < -0.3 is 9.47 Å². The Morgan fingerprint density at radius 3 is 2.10 bits per heavy atom. The van der Waals surface area contributed by atoms with Gasteiger partial charge in [-0.25, -0.2) is 4.79 Å². The van der Waals surface area contributed by atoms with Crippen LogP contribution in [0.25, 0.3) is 0 Å². The lowest BCUT2D eigenvalue weighted by molar-refractivity contribution is -0.154. The number of hydrogen-bond acceptors (Lipinski definition) is 4. The molecule has 0 radical (unpaired) electrons. The number of hydrogen-bond donors (Lipinski definition) is 0. The average Bonchev–Trinajstić information content (AvgIpc) is 2.33. The largest absolute Gasteiger partial charge is 0.484 e. The van der Waals surface area contributed by atoms with Crippen LogP contribution in [0, 0.1) is 0 Å². The Hall–Kier alpha value is -2.22. The van der Waals surface area contributed by atoms with Crippen LogP contribution in [-0.2, 0) is 4.79 Å². The third-order valence-corrected chi connectivity index (χ3v) is 1.89. The van der Waals surface area contributed by atoms with Crippen molar-refractivity contribution in [2.24, 2.45) is 4.99 Å². The molecule has 0 unspecified atom stereocenters. The molecular formula is C11H7F6NO3. The fourth-order valence-electron chi connectivity index (χ4n) is 1.17. The summed E-state index contributed by atoms with van der Waals surface area (Å²) < 4.78 is 80.6. The molecule has 0 aliphatic rings. The normalized spacial score (nSPS) is 11.7. The molecule has 0 saturated carbocycles. The summed E-state index contributed by atoms with van der Waals surface area (Å²) in [6, 6.07) is 2.71. The highest BCUT2D eigenvalue weighted by molar-refractivity contribution is 5.60. The Bertz CT molecular complexity index is 534. The van der Waals surface area contributed by atoms with Gasteiger partial charge in [-0.1, -0.05) is 0 Å². The van der Waals surface area contributed by atoms with Crippen molar-refractivity contribution in [3.05, 3.63) is 18.2 Å². The van der Waals surface area contributed by atoms with Crippen molar-refractivity contribution >= 4 is 11.8 Å². The van der Waals surface area contributed by atoms with E-state index >= 15 is 0 Å². The van der Waals surface area contributed by atoms with E-state index in [9.17, 15) is 31.1 Å². The number of nitrogens with zero attached hydrogens (tertiary/aromatic N) is 1. The summed E-state index contributed by atoms with van der Waals surface area (Å²) in [7, 11) is 0. The molecule has 1 aromatic carbocycles. The second kappa shape index (κ2) is 6.49. The van der Waals surface area contributed by atoms with Gasteiger partial charge >= 0.3 is 12.4 Å². The van der Waals surface area contributed by atoms with E-state index in [1.807, 2.05) is 0 Å². The minimum absolute atomic E-state index is 0.333. The lowest BCUT2D eigenvalue weighted by atomic mass is 10.3. The van der Waals surface area contributed by atoms with Gasteiger partial charge in [-0.3, -0.25) is 0 Å². The van der Waals surface area contributed by atoms with E-state index in [1.54, 1.807) is 0 Å². The quantitative estimate of drug-likeness (QED) is 0.474. The number of carbonyl (C=O) groups excluding carboxylic acids is 1. The Labute approximate surface area is 114 Å². The summed E-state index contributed by atoms with van der Waals surface area (Å²) >= 11 is 0. The van der Waals surface area contributed by atoms with E-state index in [4.69, 9.17) is 0 Å². The standard InChI is InChI=1S/C11H7F6NO3/c12-10(13,14)4-20-7-1-2-9(8(3-7)18-6-19)21-5-11(15,16)17/h1-3H,4-5H2. The molecule has 10 heteroatoms.